The van der Waals surface area contributed by atoms with Gasteiger partial charge in [-0.05, 0) is 18.2 Å². The van der Waals surface area contributed by atoms with Crippen LogP contribution in [0.1, 0.15) is 0 Å². The normalized spacial score (nSPS) is 10.2. The number of amides is 1. The lowest BCUT2D eigenvalue weighted by atomic mass is 10.2. The number of anilines is 1. The Kier molecular flexibility index (Phi) is 3.61. The number of nitrogens with one attached hydrogen (secondary N) is 1. The van der Waals surface area contributed by atoms with Gasteiger partial charge in [0.25, 0.3) is 0 Å². The van der Waals surface area contributed by atoms with Crippen molar-refractivity contribution in [1.29, 1.82) is 0 Å². The fourth-order valence-electron chi connectivity index (χ4n) is 1.32. The molecule has 0 bridgehead atoms. The summed E-state index contributed by atoms with van der Waals surface area (Å²) in [6.45, 7) is 0. The molecule has 5 nitrogen and oxygen atoms in total. The molecule has 0 aliphatic heterocycles. The molecule has 17 heavy (non-hydrogen) atoms. The third-order valence-electron chi connectivity index (χ3n) is 2.02. The molecule has 1 N–H and O–H groups in total. The molecule has 0 aliphatic rings. The molecule has 2 aromatic rings. The first kappa shape index (κ1) is 11.9. The zero-order valence-electron chi connectivity index (χ0n) is 8.60. The molecule has 7 heteroatoms. The van der Waals surface area contributed by atoms with Crippen LogP contribution in [0, 0.1) is 0 Å². The van der Waals surface area contributed by atoms with Crippen molar-refractivity contribution in [2.75, 3.05) is 11.2 Å². The Morgan fingerprint density at radius 2 is 2.29 bits per heavy atom. The van der Waals surface area contributed by atoms with Crippen LogP contribution in [0.4, 0.5) is 5.69 Å². The highest BCUT2D eigenvalue weighted by atomic mass is 35.5. The van der Waals surface area contributed by atoms with Crippen molar-refractivity contribution in [3.8, 4) is 5.69 Å². The number of carbonyl (C=O) groups is 1. The topological polar surface area (TPSA) is 59.8 Å². The van der Waals surface area contributed by atoms with Gasteiger partial charge in [-0.2, -0.15) is 5.10 Å². The Labute approximate surface area is 107 Å². The predicted octanol–water partition coefficient (Wildman–Crippen LogP) is 2.10. The van der Waals surface area contributed by atoms with Crippen molar-refractivity contribution in [2.45, 2.75) is 0 Å². The number of hydrogen-bond donors (Lipinski definition) is 1. The second-order valence-electron chi connectivity index (χ2n) is 3.18. The lowest BCUT2D eigenvalue weighted by Crippen LogP contribution is -2.14. The summed E-state index contributed by atoms with van der Waals surface area (Å²) in [4.78, 5) is 15.1. The maximum Gasteiger partial charge on any atom is 0.239 e. The molecular weight excluding hydrogens is 263 g/mol. The second kappa shape index (κ2) is 5.16. The summed E-state index contributed by atoms with van der Waals surface area (Å²) in [6, 6.07) is 5.07. The highest BCUT2D eigenvalue weighted by Crippen LogP contribution is 2.23. The van der Waals surface area contributed by atoms with Gasteiger partial charge in [-0.25, -0.2) is 9.67 Å². The summed E-state index contributed by atoms with van der Waals surface area (Å²) < 4.78 is 1.53. The quantitative estimate of drug-likeness (QED) is 0.869. The van der Waals surface area contributed by atoms with Crippen LogP contribution in [0.3, 0.4) is 0 Å². The SMILES string of the molecule is O=C(CCl)Nc1cc(Cl)ccc1-n1cncn1. The lowest BCUT2D eigenvalue weighted by molar-refractivity contribution is -0.113. The van der Waals surface area contributed by atoms with Crippen LogP contribution in [0.2, 0.25) is 5.02 Å². The van der Waals surface area contributed by atoms with Crippen molar-refractivity contribution in [1.82, 2.24) is 14.8 Å². The minimum absolute atomic E-state index is 0.122. The molecule has 1 aromatic heterocycles. The fourth-order valence-corrected chi connectivity index (χ4v) is 1.56. The average Bonchev–Trinajstić information content (AvgIpc) is 2.82. The molecule has 0 atom stereocenters. The number of halogens is 2. The molecule has 0 saturated heterocycles. The highest BCUT2D eigenvalue weighted by Gasteiger charge is 2.09. The largest absolute Gasteiger partial charge is 0.323 e. The first-order chi connectivity index (χ1) is 8.20. The van der Waals surface area contributed by atoms with Crippen molar-refractivity contribution in [3.63, 3.8) is 0 Å². The number of nitrogens with zero attached hydrogens (tertiary/aromatic N) is 3. The maximum atomic E-state index is 11.3. The van der Waals surface area contributed by atoms with Gasteiger partial charge < -0.3 is 5.32 Å². The van der Waals surface area contributed by atoms with Crippen molar-refractivity contribution < 1.29 is 4.79 Å². The van der Waals surface area contributed by atoms with Crippen LogP contribution in [-0.2, 0) is 4.79 Å². The molecule has 0 saturated carbocycles. The monoisotopic (exact) mass is 270 g/mol. The van der Waals surface area contributed by atoms with E-state index in [1.807, 2.05) is 0 Å². The summed E-state index contributed by atoms with van der Waals surface area (Å²) in [7, 11) is 0. The van der Waals surface area contributed by atoms with Gasteiger partial charge in [0.15, 0.2) is 0 Å². The Hall–Kier alpha value is -1.59. The molecule has 1 amide bonds. The molecule has 0 fully saturated rings. The summed E-state index contributed by atoms with van der Waals surface area (Å²) in [5, 5.41) is 7.15. The van der Waals surface area contributed by atoms with Crippen LogP contribution < -0.4 is 5.32 Å². The molecule has 0 unspecified atom stereocenters. The van der Waals surface area contributed by atoms with Gasteiger partial charge in [0, 0.05) is 5.02 Å². The van der Waals surface area contributed by atoms with E-state index in [1.54, 1.807) is 18.2 Å². The Morgan fingerprint density at radius 3 is 2.94 bits per heavy atom. The van der Waals surface area contributed by atoms with Crippen molar-refractivity contribution >= 4 is 34.8 Å². The minimum Gasteiger partial charge on any atom is -0.323 e. The number of benzene rings is 1. The Morgan fingerprint density at radius 1 is 1.47 bits per heavy atom. The summed E-state index contributed by atoms with van der Waals surface area (Å²) in [6.07, 6.45) is 2.93. The molecule has 1 aromatic carbocycles. The summed E-state index contributed by atoms with van der Waals surface area (Å²) >= 11 is 11.3. The lowest BCUT2D eigenvalue weighted by Gasteiger charge is -2.10. The number of aromatic nitrogens is 3. The molecular formula is C10H8Cl2N4O. The van der Waals surface area contributed by atoms with E-state index in [9.17, 15) is 4.79 Å². The summed E-state index contributed by atoms with van der Waals surface area (Å²) in [5.41, 5.74) is 1.21. The molecule has 2 rings (SSSR count). The van der Waals surface area contributed by atoms with E-state index in [1.165, 1.54) is 17.3 Å². The van der Waals surface area contributed by atoms with E-state index in [2.05, 4.69) is 15.4 Å². The number of carbonyl (C=O) groups excluding carboxylic acids is 1. The van der Waals surface area contributed by atoms with Crippen LogP contribution in [0.25, 0.3) is 5.69 Å². The number of hydrogen-bond acceptors (Lipinski definition) is 3. The van der Waals surface area contributed by atoms with E-state index >= 15 is 0 Å². The first-order valence-electron chi connectivity index (χ1n) is 4.71. The van der Waals surface area contributed by atoms with E-state index in [0.717, 1.165) is 0 Å². The van der Waals surface area contributed by atoms with Gasteiger partial charge in [0.1, 0.15) is 18.5 Å². The fraction of sp³-hybridized carbons (Fsp3) is 0.100. The maximum absolute atomic E-state index is 11.3. The van der Waals surface area contributed by atoms with Gasteiger partial charge in [0.2, 0.25) is 5.91 Å². The van der Waals surface area contributed by atoms with Gasteiger partial charge in [0.05, 0.1) is 11.4 Å². The van der Waals surface area contributed by atoms with Crippen LogP contribution >= 0.6 is 23.2 Å². The zero-order chi connectivity index (χ0) is 12.3. The first-order valence-corrected chi connectivity index (χ1v) is 5.62. The third-order valence-corrected chi connectivity index (χ3v) is 2.50. The predicted molar refractivity (Wildman–Crippen MR) is 65.7 cm³/mol. The van der Waals surface area contributed by atoms with Gasteiger partial charge in [-0.1, -0.05) is 11.6 Å². The van der Waals surface area contributed by atoms with E-state index in [0.29, 0.717) is 16.4 Å². The van der Waals surface area contributed by atoms with E-state index in [-0.39, 0.29) is 11.8 Å². The summed E-state index contributed by atoms with van der Waals surface area (Å²) in [5.74, 6) is -0.432. The molecule has 0 aliphatic carbocycles. The van der Waals surface area contributed by atoms with Crippen molar-refractivity contribution in [3.05, 3.63) is 35.9 Å². The van der Waals surface area contributed by atoms with Crippen molar-refractivity contribution in [2.24, 2.45) is 0 Å². The zero-order valence-corrected chi connectivity index (χ0v) is 10.1. The number of rotatable bonds is 3. The van der Waals surface area contributed by atoms with E-state index < -0.39 is 0 Å². The third kappa shape index (κ3) is 2.75. The number of alkyl halides is 1. The van der Waals surface area contributed by atoms with Gasteiger partial charge in [-0.3, -0.25) is 4.79 Å². The molecule has 0 spiro atoms. The second-order valence-corrected chi connectivity index (χ2v) is 3.89. The molecule has 0 radical (unpaired) electrons. The minimum atomic E-state index is -0.310. The highest BCUT2D eigenvalue weighted by molar-refractivity contribution is 6.31. The van der Waals surface area contributed by atoms with Crippen LogP contribution in [0.15, 0.2) is 30.9 Å². The average molecular weight is 271 g/mol. The standard InChI is InChI=1S/C10H8Cl2N4O/c11-4-10(17)15-8-3-7(12)1-2-9(8)16-6-13-5-14-16/h1-3,5-6H,4H2,(H,15,17). The van der Waals surface area contributed by atoms with Crippen LogP contribution in [-0.4, -0.2) is 26.6 Å². The van der Waals surface area contributed by atoms with Gasteiger partial charge in [-0.15, -0.1) is 11.6 Å². The van der Waals surface area contributed by atoms with Gasteiger partial charge >= 0.3 is 0 Å². The van der Waals surface area contributed by atoms with E-state index in [4.69, 9.17) is 23.2 Å². The Bertz CT molecular complexity index is 527. The van der Waals surface area contributed by atoms with Crippen LogP contribution in [0.5, 0.6) is 0 Å². The Balaban J connectivity index is 2.41. The smallest absolute Gasteiger partial charge is 0.239 e. The molecule has 1 heterocycles. The molecule has 88 valence electrons.